The minimum atomic E-state index is 0.00625. The predicted octanol–water partition coefficient (Wildman–Crippen LogP) is 1.35. The third kappa shape index (κ3) is 1.92. The minimum absolute atomic E-state index is 0.00625. The molecule has 0 saturated carbocycles. The van der Waals surface area contributed by atoms with Crippen LogP contribution in [0.3, 0.4) is 0 Å². The molecule has 2 rings (SSSR count). The van der Waals surface area contributed by atoms with Gasteiger partial charge in [0.15, 0.2) is 12.0 Å². The highest BCUT2D eigenvalue weighted by Gasteiger charge is 2.25. The molecule has 15 heavy (non-hydrogen) atoms. The van der Waals surface area contributed by atoms with Crippen LogP contribution in [0.2, 0.25) is 0 Å². The van der Waals surface area contributed by atoms with Gasteiger partial charge in [-0.3, -0.25) is 4.79 Å². The fourth-order valence-corrected chi connectivity index (χ4v) is 1.92. The summed E-state index contributed by atoms with van der Waals surface area (Å²) in [6.07, 6.45) is 3.74. The fraction of sp³-hybridized carbons (Fsp3) is 0.700. The molecule has 1 aromatic heterocycles. The number of aryl methyl sites for hydroxylation is 1. The monoisotopic (exact) mass is 209 g/mol. The molecule has 0 amide bonds. The van der Waals surface area contributed by atoms with Crippen molar-refractivity contribution in [1.29, 1.82) is 0 Å². The van der Waals surface area contributed by atoms with Gasteiger partial charge in [-0.2, -0.15) is 0 Å². The number of nitrogens with zero attached hydrogens (tertiary/aromatic N) is 3. The van der Waals surface area contributed by atoms with Crippen LogP contribution in [0.4, 0.5) is 0 Å². The Morgan fingerprint density at radius 2 is 2.53 bits per heavy atom. The Hall–Kier alpha value is -1.23. The Labute approximate surface area is 88.4 Å². The molecule has 1 atom stereocenters. The molecule has 0 bridgehead atoms. The maximum Gasteiger partial charge on any atom is 0.172 e. The van der Waals surface area contributed by atoms with Gasteiger partial charge in [0, 0.05) is 13.2 Å². The molecule has 0 radical (unpaired) electrons. The Balaban J connectivity index is 2.30. The summed E-state index contributed by atoms with van der Waals surface area (Å²) in [5, 5.41) is 7.84. The average molecular weight is 209 g/mol. The molecule has 0 aliphatic carbocycles. The molecule has 0 N–H and O–H groups in total. The number of carbonyl (C=O) groups is 1. The van der Waals surface area contributed by atoms with Gasteiger partial charge in [-0.1, -0.05) is 12.1 Å². The van der Waals surface area contributed by atoms with Crippen LogP contribution in [0.15, 0.2) is 0 Å². The van der Waals surface area contributed by atoms with Crippen molar-refractivity contribution in [1.82, 2.24) is 15.0 Å². The quantitative estimate of drug-likeness (QED) is 0.702. The van der Waals surface area contributed by atoms with Gasteiger partial charge in [0.25, 0.3) is 0 Å². The maximum atomic E-state index is 10.8. The molecule has 1 aliphatic rings. The van der Waals surface area contributed by atoms with E-state index in [4.69, 9.17) is 4.74 Å². The van der Waals surface area contributed by atoms with Crippen molar-refractivity contribution in [2.24, 2.45) is 0 Å². The van der Waals surface area contributed by atoms with E-state index in [1.165, 1.54) is 0 Å². The molecule has 5 heteroatoms. The zero-order chi connectivity index (χ0) is 10.7. The summed E-state index contributed by atoms with van der Waals surface area (Å²) in [7, 11) is 0. The SMILES string of the molecule is CCCn1nnc(C=O)c1C1CCCO1. The van der Waals surface area contributed by atoms with Gasteiger partial charge in [0.2, 0.25) is 0 Å². The van der Waals surface area contributed by atoms with Crippen molar-refractivity contribution in [3.05, 3.63) is 11.4 Å². The summed E-state index contributed by atoms with van der Waals surface area (Å²) in [6, 6.07) is 0. The smallest absolute Gasteiger partial charge is 0.172 e. The van der Waals surface area contributed by atoms with E-state index in [-0.39, 0.29) is 6.10 Å². The summed E-state index contributed by atoms with van der Waals surface area (Å²) in [6.45, 7) is 3.62. The zero-order valence-electron chi connectivity index (χ0n) is 8.85. The van der Waals surface area contributed by atoms with Crippen molar-refractivity contribution in [3.63, 3.8) is 0 Å². The molecule has 2 heterocycles. The lowest BCUT2D eigenvalue weighted by atomic mass is 10.1. The molecule has 5 nitrogen and oxygen atoms in total. The van der Waals surface area contributed by atoms with Crippen LogP contribution in [0.25, 0.3) is 0 Å². The molecule has 1 aliphatic heterocycles. The van der Waals surface area contributed by atoms with E-state index < -0.39 is 0 Å². The first-order chi connectivity index (χ1) is 7.36. The van der Waals surface area contributed by atoms with E-state index in [9.17, 15) is 4.79 Å². The number of hydrogen-bond acceptors (Lipinski definition) is 4. The highest BCUT2D eigenvalue weighted by atomic mass is 16.5. The van der Waals surface area contributed by atoms with Gasteiger partial charge >= 0.3 is 0 Å². The van der Waals surface area contributed by atoms with E-state index in [1.54, 1.807) is 4.68 Å². The van der Waals surface area contributed by atoms with Gasteiger partial charge in [0.05, 0.1) is 5.69 Å². The highest BCUT2D eigenvalue weighted by molar-refractivity contribution is 5.73. The first kappa shape index (κ1) is 10.3. The van der Waals surface area contributed by atoms with Crippen LogP contribution in [-0.4, -0.2) is 27.9 Å². The number of rotatable bonds is 4. The van der Waals surface area contributed by atoms with Crippen LogP contribution in [0, 0.1) is 0 Å². The van der Waals surface area contributed by atoms with E-state index in [0.717, 1.165) is 44.4 Å². The Morgan fingerprint density at radius 3 is 3.13 bits per heavy atom. The lowest BCUT2D eigenvalue weighted by Crippen LogP contribution is -2.10. The maximum absolute atomic E-state index is 10.8. The number of aldehydes is 1. The van der Waals surface area contributed by atoms with Crippen molar-refractivity contribution in [3.8, 4) is 0 Å². The zero-order valence-corrected chi connectivity index (χ0v) is 8.85. The van der Waals surface area contributed by atoms with Crippen molar-refractivity contribution in [2.75, 3.05) is 6.61 Å². The molecule has 0 spiro atoms. The molecule has 1 aromatic rings. The molecule has 1 fully saturated rings. The van der Waals surface area contributed by atoms with E-state index in [0.29, 0.717) is 5.69 Å². The minimum Gasteiger partial charge on any atom is -0.372 e. The third-order valence-corrected chi connectivity index (χ3v) is 2.58. The number of hydrogen-bond donors (Lipinski definition) is 0. The first-order valence-electron chi connectivity index (χ1n) is 5.37. The van der Waals surface area contributed by atoms with Crippen LogP contribution in [0.1, 0.15) is 48.5 Å². The summed E-state index contributed by atoms with van der Waals surface area (Å²) in [4.78, 5) is 10.8. The number of carbonyl (C=O) groups excluding carboxylic acids is 1. The number of ether oxygens (including phenoxy) is 1. The standard InChI is InChI=1S/C10H15N3O2/c1-2-5-13-10(8(7-14)11-12-13)9-4-3-6-15-9/h7,9H,2-6H2,1H3. The predicted molar refractivity (Wildman–Crippen MR) is 53.6 cm³/mol. The second-order valence-electron chi connectivity index (χ2n) is 3.70. The highest BCUT2D eigenvalue weighted by Crippen LogP contribution is 2.29. The summed E-state index contributed by atoms with van der Waals surface area (Å²) >= 11 is 0. The molecular formula is C10H15N3O2. The molecule has 1 unspecified atom stereocenters. The largest absolute Gasteiger partial charge is 0.372 e. The third-order valence-electron chi connectivity index (χ3n) is 2.58. The van der Waals surface area contributed by atoms with E-state index in [2.05, 4.69) is 17.2 Å². The Kier molecular flexibility index (Phi) is 3.11. The van der Waals surface area contributed by atoms with Gasteiger partial charge in [-0.25, -0.2) is 4.68 Å². The van der Waals surface area contributed by atoms with Crippen LogP contribution >= 0.6 is 0 Å². The molecule has 0 aromatic carbocycles. The summed E-state index contributed by atoms with van der Waals surface area (Å²) in [5.41, 5.74) is 1.28. The normalized spacial score (nSPS) is 20.7. The van der Waals surface area contributed by atoms with Gasteiger partial charge in [-0.15, -0.1) is 5.10 Å². The average Bonchev–Trinajstić information content (AvgIpc) is 2.85. The van der Waals surface area contributed by atoms with Crippen LogP contribution < -0.4 is 0 Å². The second kappa shape index (κ2) is 4.53. The van der Waals surface area contributed by atoms with Crippen LogP contribution in [-0.2, 0) is 11.3 Å². The topological polar surface area (TPSA) is 57.0 Å². The number of aromatic nitrogens is 3. The van der Waals surface area contributed by atoms with Gasteiger partial charge < -0.3 is 4.74 Å². The van der Waals surface area contributed by atoms with Gasteiger partial charge in [-0.05, 0) is 19.3 Å². The lowest BCUT2D eigenvalue weighted by Gasteiger charge is -2.11. The van der Waals surface area contributed by atoms with Crippen molar-refractivity contribution < 1.29 is 9.53 Å². The second-order valence-corrected chi connectivity index (χ2v) is 3.70. The Morgan fingerprint density at radius 1 is 1.67 bits per heavy atom. The van der Waals surface area contributed by atoms with Crippen molar-refractivity contribution in [2.45, 2.75) is 38.8 Å². The Bertz CT molecular complexity index is 342. The van der Waals surface area contributed by atoms with E-state index in [1.807, 2.05) is 0 Å². The van der Waals surface area contributed by atoms with Crippen LogP contribution in [0.5, 0.6) is 0 Å². The first-order valence-corrected chi connectivity index (χ1v) is 5.37. The van der Waals surface area contributed by atoms with Crippen molar-refractivity contribution >= 4 is 6.29 Å². The summed E-state index contributed by atoms with van der Waals surface area (Å²) in [5.74, 6) is 0. The fourth-order valence-electron chi connectivity index (χ4n) is 1.92. The molecule has 82 valence electrons. The summed E-state index contributed by atoms with van der Waals surface area (Å²) < 4.78 is 7.36. The van der Waals surface area contributed by atoms with Gasteiger partial charge in [0.1, 0.15) is 6.10 Å². The molecule has 1 saturated heterocycles. The molecular weight excluding hydrogens is 194 g/mol. The lowest BCUT2D eigenvalue weighted by molar-refractivity contribution is 0.100. The van der Waals surface area contributed by atoms with E-state index >= 15 is 0 Å².